The van der Waals surface area contributed by atoms with Crippen molar-refractivity contribution in [3.63, 3.8) is 0 Å². The van der Waals surface area contributed by atoms with Gasteiger partial charge in [-0.15, -0.1) is 0 Å². The first-order chi connectivity index (χ1) is 11.4. The van der Waals surface area contributed by atoms with Crippen molar-refractivity contribution in [2.45, 2.75) is 26.8 Å². The normalized spacial score (nSPS) is 16.2. The van der Waals surface area contributed by atoms with Crippen LogP contribution in [-0.2, 0) is 4.79 Å². The quantitative estimate of drug-likeness (QED) is 0.749. The predicted octanol–water partition coefficient (Wildman–Crippen LogP) is 3.75. The first-order valence-corrected chi connectivity index (χ1v) is 8.99. The summed E-state index contributed by atoms with van der Waals surface area (Å²) < 4.78 is 1.03. The number of anilines is 1. The van der Waals surface area contributed by atoms with Crippen LogP contribution in [0.25, 0.3) is 0 Å². The number of hydrogen-bond acceptors (Lipinski definition) is 2. The number of aryl methyl sites for hydroxylation is 1. The highest BCUT2D eigenvalue weighted by Gasteiger charge is 2.37. The molecule has 2 aromatic carbocycles. The number of amides is 2. The minimum atomic E-state index is -0.621. The summed E-state index contributed by atoms with van der Waals surface area (Å²) in [6, 6.07) is 10.9. The summed E-state index contributed by atoms with van der Waals surface area (Å²) in [7, 11) is 0. The van der Waals surface area contributed by atoms with Crippen molar-refractivity contribution in [1.29, 1.82) is 0 Å². The van der Waals surface area contributed by atoms with E-state index in [0.29, 0.717) is 12.1 Å². The van der Waals surface area contributed by atoms with Gasteiger partial charge in [-0.3, -0.25) is 9.59 Å². The third kappa shape index (κ3) is 2.81. The zero-order valence-corrected chi connectivity index (χ0v) is 16.0. The molecule has 24 heavy (non-hydrogen) atoms. The Kier molecular flexibility index (Phi) is 4.62. The number of fused-ring (bicyclic) bond motifs is 1. The molecule has 2 amide bonds. The predicted molar refractivity (Wildman–Crippen MR) is 103 cm³/mol. The number of rotatable bonds is 3. The molecule has 0 spiro atoms. The zero-order chi connectivity index (χ0) is 17.4. The Balaban J connectivity index is 1.96. The molecule has 0 aromatic heterocycles. The van der Waals surface area contributed by atoms with Crippen molar-refractivity contribution in [3.8, 4) is 0 Å². The maximum atomic E-state index is 12.7. The molecule has 1 aliphatic heterocycles. The van der Waals surface area contributed by atoms with E-state index in [0.717, 1.165) is 25.9 Å². The fourth-order valence-electron chi connectivity index (χ4n) is 3.09. The molecule has 1 N–H and O–H groups in total. The van der Waals surface area contributed by atoms with Crippen molar-refractivity contribution in [3.05, 3.63) is 62.2 Å². The van der Waals surface area contributed by atoms with Crippen LogP contribution >= 0.6 is 22.6 Å². The Labute approximate surface area is 155 Å². The Bertz CT molecular complexity index is 832. The van der Waals surface area contributed by atoms with Gasteiger partial charge in [0.2, 0.25) is 0 Å². The van der Waals surface area contributed by atoms with Crippen molar-refractivity contribution in [1.82, 2.24) is 5.32 Å². The number of hydrogen-bond donors (Lipinski definition) is 1. The molecule has 0 aliphatic carbocycles. The van der Waals surface area contributed by atoms with Crippen LogP contribution in [0.5, 0.6) is 0 Å². The number of carbonyl (C=O) groups is 2. The Morgan fingerprint density at radius 1 is 1.25 bits per heavy atom. The molecule has 0 fully saturated rings. The van der Waals surface area contributed by atoms with Gasteiger partial charge < -0.3 is 10.2 Å². The number of likely N-dealkylation sites (N-methyl/N-ethyl adjacent to an activating group) is 1. The number of halogens is 1. The van der Waals surface area contributed by atoms with Crippen LogP contribution in [0.3, 0.4) is 0 Å². The lowest BCUT2D eigenvalue weighted by Crippen LogP contribution is -2.37. The first kappa shape index (κ1) is 17.0. The summed E-state index contributed by atoms with van der Waals surface area (Å²) in [5.41, 5.74) is 4.37. The van der Waals surface area contributed by atoms with E-state index in [1.807, 2.05) is 51.1 Å². The smallest absolute Gasteiger partial charge is 0.254 e. The third-order valence-corrected chi connectivity index (χ3v) is 5.57. The minimum absolute atomic E-state index is 0.0743. The van der Waals surface area contributed by atoms with Crippen LogP contribution in [0.1, 0.15) is 40.0 Å². The zero-order valence-electron chi connectivity index (χ0n) is 13.9. The molecule has 0 bridgehead atoms. The molecule has 4 nitrogen and oxygen atoms in total. The Morgan fingerprint density at radius 3 is 2.71 bits per heavy atom. The van der Waals surface area contributed by atoms with Gasteiger partial charge >= 0.3 is 0 Å². The van der Waals surface area contributed by atoms with E-state index >= 15 is 0 Å². The van der Waals surface area contributed by atoms with E-state index in [1.165, 1.54) is 0 Å². The minimum Gasteiger partial charge on any atom is -0.336 e. The largest absolute Gasteiger partial charge is 0.336 e. The van der Waals surface area contributed by atoms with Gasteiger partial charge in [0.15, 0.2) is 0 Å². The Hall–Kier alpha value is -1.89. The van der Waals surface area contributed by atoms with Crippen LogP contribution in [0.15, 0.2) is 36.4 Å². The van der Waals surface area contributed by atoms with Gasteiger partial charge in [-0.05, 0) is 67.1 Å². The molecular formula is C19H19IN2O2. The van der Waals surface area contributed by atoms with Crippen molar-refractivity contribution >= 4 is 40.1 Å². The first-order valence-electron chi connectivity index (χ1n) is 7.92. The second-order valence-corrected chi connectivity index (χ2v) is 7.13. The van der Waals surface area contributed by atoms with Crippen molar-refractivity contribution in [2.75, 3.05) is 11.4 Å². The number of benzene rings is 2. The Morgan fingerprint density at radius 2 is 2.00 bits per heavy atom. The fraction of sp³-hybridized carbons (Fsp3) is 0.263. The SMILES string of the molecule is CCN1C(=O)C(NC(=O)c2cccc(I)c2C)c2cc(C)ccc21. The molecule has 1 aliphatic rings. The fourth-order valence-corrected chi connectivity index (χ4v) is 3.58. The van der Waals surface area contributed by atoms with Crippen LogP contribution in [-0.4, -0.2) is 18.4 Å². The summed E-state index contributed by atoms with van der Waals surface area (Å²) in [6.07, 6.45) is 0. The lowest BCUT2D eigenvalue weighted by Gasteiger charge is -2.16. The lowest BCUT2D eigenvalue weighted by atomic mass is 10.0. The monoisotopic (exact) mass is 434 g/mol. The molecule has 124 valence electrons. The van der Waals surface area contributed by atoms with E-state index in [4.69, 9.17) is 0 Å². The van der Waals surface area contributed by atoms with E-state index in [-0.39, 0.29) is 11.8 Å². The average Bonchev–Trinajstić information content (AvgIpc) is 2.81. The highest BCUT2D eigenvalue weighted by molar-refractivity contribution is 14.1. The molecule has 1 atom stereocenters. The molecule has 0 saturated carbocycles. The van der Waals surface area contributed by atoms with Gasteiger partial charge in [0.1, 0.15) is 6.04 Å². The second-order valence-electron chi connectivity index (χ2n) is 5.96. The van der Waals surface area contributed by atoms with Gasteiger partial charge in [-0.1, -0.05) is 23.8 Å². The molecule has 5 heteroatoms. The molecule has 0 radical (unpaired) electrons. The number of nitrogens with zero attached hydrogens (tertiary/aromatic N) is 1. The molecule has 1 heterocycles. The molecule has 0 saturated heterocycles. The summed E-state index contributed by atoms with van der Waals surface area (Å²) in [5, 5.41) is 2.93. The summed E-state index contributed by atoms with van der Waals surface area (Å²) >= 11 is 2.21. The maximum Gasteiger partial charge on any atom is 0.254 e. The van der Waals surface area contributed by atoms with Gasteiger partial charge in [0, 0.05) is 26.9 Å². The van der Waals surface area contributed by atoms with Crippen molar-refractivity contribution in [2.24, 2.45) is 0 Å². The molecular weight excluding hydrogens is 415 g/mol. The van der Waals surface area contributed by atoms with E-state index in [9.17, 15) is 9.59 Å². The third-order valence-electron chi connectivity index (χ3n) is 4.40. The van der Waals surface area contributed by atoms with Gasteiger partial charge in [-0.25, -0.2) is 0 Å². The van der Waals surface area contributed by atoms with Gasteiger partial charge in [0.05, 0.1) is 0 Å². The summed E-state index contributed by atoms with van der Waals surface area (Å²) in [5.74, 6) is -0.287. The van der Waals surface area contributed by atoms with Gasteiger partial charge in [0.25, 0.3) is 11.8 Å². The average molecular weight is 434 g/mol. The van der Waals surface area contributed by atoms with E-state index < -0.39 is 6.04 Å². The van der Waals surface area contributed by atoms with Gasteiger partial charge in [-0.2, -0.15) is 0 Å². The summed E-state index contributed by atoms with van der Waals surface area (Å²) in [4.78, 5) is 27.2. The second kappa shape index (κ2) is 6.55. The highest BCUT2D eigenvalue weighted by Crippen LogP contribution is 2.36. The highest BCUT2D eigenvalue weighted by atomic mass is 127. The molecule has 1 unspecified atom stereocenters. The van der Waals surface area contributed by atoms with Crippen LogP contribution in [0, 0.1) is 17.4 Å². The standard InChI is InChI=1S/C19H19IN2O2/c1-4-22-16-9-8-11(2)10-14(16)17(19(22)24)21-18(23)13-6-5-7-15(20)12(13)3/h5-10,17H,4H2,1-3H3,(H,21,23). The van der Waals surface area contributed by atoms with E-state index in [1.54, 1.807) is 11.0 Å². The maximum absolute atomic E-state index is 12.7. The molecule has 3 rings (SSSR count). The van der Waals surface area contributed by atoms with Crippen LogP contribution < -0.4 is 10.2 Å². The topological polar surface area (TPSA) is 49.4 Å². The number of carbonyl (C=O) groups excluding carboxylic acids is 2. The van der Waals surface area contributed by atoms with Crippen LogP contribution in [0.4, 0.5) is 5.69 Å². The lowest BCUT2D eigenvalue weighted by molar-refractivity contribution is -0.119. The summed E-state index contributed by atoms with van der Waals surface area (Å²) in [6.45, 7) is 6.44. The van der Waals surface area contributed by atoms with Crippen molar-refractivity contribution < 1.29 is 9.59 Å². The molecule has 2 aromatic rings. The van der Waals surface area contributed by atoms with Crippen LogP contribution in [0.2, 0.25) is 0 Å². The van der Waals surface area contributed by atoms with E-state index in [2.05, 4.69) is 27.9 Å². The number of nitrogens with one attached hydrogen (secondary N) is 1.